The van der Waals surface area contributed by atoms with Crippen molar-refractivity contribution in [3.05, 3.63) is 54.3 Å². The molecule has 2 N–H and O–H groups in total. The zero-order chi connectivity index (χ0) is 17.7. The van der Waals surface area contributed by atoms with Gasteiger partial charge < -0.3 is 10.1 Å². The fourth-order valence-corrected chi connectivity index (χ4v) is 3.19. The average molecular weight is 352 g/mol. The molecular weight excluding hydrogens is 335 g/mol. The lowest BCUT2D eigenvalue weighted by molar-refractivity contribution is -0.117. The van der Waals surface area contributed by atoms with Gasteiger partial charge in [-0.1, -0.05) is 18.2 Å². The maximum Gasteiger partial charge on any atom is 0.242 e. The first-order chi connectivity index (χ1) is 11.3. The number of carbonyl (C=O) groups is 1. The number of anilines is 1. The van der Waals surface area contributed by atoms with Crippen LogP contribution in [0.3, 0.4) is 0 Å². The second-order valence-electron chi connectivity index (χ2n) is 4.99. The molecule has 0 radical (unpaired) electrons. The van der Waals surface area contributed by atoms with Crippen LogP contribution in [0.5, 0.6) is 5.75 Å². The summed E-state index contributed by atoms with van der Waals surface area (Å²) < 4.78 is 44.8. The van der Waals surface area contributed by atoms with Gasteiger partial charge in [0, 0.05) is 6.07 Å². The largest absolute Gasteiger partial charge is 0.494 e. The normalized spacial score (nSPS) is 12.5. The van der Waals surface area contributed by atoms with E-state index in [1.807, 2.05) is 0 Å². The third-order valence-electron chi connectivity index (χ3n) is 3.20. The fourth-order valence-electron chi connectivity index (χ4n) is 1.96. The molecule has 0 fully saturated rings. The molecule has 0 unspecified atom stereocenters. The first-order valence-corrected chi connectivity index (χ1v) is 8.53. The molecule has 0 heterocycles. The van der Waals surface area contributed by atoms with Gasteiger partial charge in [-0.25, -0.2) is 12.8 Å². The highest BCUT2D eigenvalue weighted by Gasteiger charge is 2.22. The maximum absolute atomic E-state index is 13.2. The molecule has 24 heavy (non-hydrogen) atoms. The molecule has 0 aliphatic heterocycles. The zero-order valence-electron chi connectivity index (χ0n) is 13.1. The van der Waals surface area contributed by atoms with Crippen molar-refractivity contribution in [1.29, 1.82) is 0 Å². The van der Waals surface area contributed by atoms with Crippen LogP contribution in [0.25, 0.3) is 0 Å². The van der Waals surface area contributed by atoms with Gasteiger partial charge in [0.05, 0.1) is 23.7 Å². The molecule has 8 heteroatoms. The Kier molecular flexibility index (Phi) is 5.53. The Bertz CT molecular complexity index is 825. The van der Waals surface area contributed by atoms with Crippen LogP contribution in [0.2, 0.25) is 0 Å². The fraction of sp³-hybridized carbons (Fsp3) is 0.188. The number of sulfonamides is 1. The smallest absolute Gasteiger partial charge is 0.242 e. The number of benzene rings is 2. The molecule has 1 amide bonds. The van der Waals surface area contributed by atoms with Gasteiger partial charge >= 0.3 is 0 Å². The number of hydrogen-bond acceptors (Lipinski definition) is 4. The molecule has 0 aliphatic rings. The van der Waals surface area contributed by atoms with Crippen molar-refractivity contribution >= 4 is 21.6 Å². The quantitative estimate of drug-likeness (QED) is 0.834. The SMILES string of the molecule is COc1cc(F)ccc1NC(=O)[C@H](C)NS(=O)(=O)c1ccccc1. The molecule has 2 aromatic rings. The van der Waals surface area contributed by atoms with Crippen LogP contribution in [0.4, 0.5) is 10.1 Å². The summed E-state index contributed by atoms with van der Waals surface area (Å²) in [5.41, 5.74) is 0.245. The molecule has 2 rings (SSSR count). The molecule has 0 aliphatic carbocycles. The van der Waals surface area contributed by atoms with Gasteiger partial charge in [0.2, 0.25) is 15.9 Å². The van der Waals surface area contributed by atoms with Crippen LogP contribution in [0.1, 0.15) is 6.92 Å². The Labute approximate surface area is 139 Å². The van der Waals surface area contributed by atoms with Crippen LogP contribution in [0.15, 0.2) is 53.4 Å². The van der Waals surface area contributed by atoms with Crippen LogP contribution >= 0.6 is 0 Å². The summed E-state index contributed by atoms with van der Waals surface area (Å²) in [5, 5.41) is 2.50. The van der Waals surface area contributed by atoms with Crippen molar-refractivity contribution in [3.63, 3.8) is 0 Å². The summed E-state index contributed by atoms with van der Waals surface area (Å²) in [6.45, 7) is 1.41. The summed E-state index contributed by atoms with van der Waals surface area (Å²) >= 11 is 0. The van der Waals surface area contributed by atoms with Crippen molar-refractivity contribution in [3.8, 4) is 5.75 Å². The minimum atomic E-state index is -3.82. The number of halogens is 1. The Morgan fingerprint density at radius 1 is 1.17 bits per heavy atom. The number of carbonyl (C=O) groups excluding carboxylic acids is 1. The highest BCUT2D eigenvalue weighted by Crippen LogP contribution is 2.25. The third-order valence-corrected chi connectivity index (χ3v) is 4.76. The number of nitrogens with one attached hydrogen (secondary N) is 2. The molecule has 128 valence electrons. The van der Waals surface area contributed by atoms with E-state index in [4.69, 9.17) is 4.74 Å². The van der Waals surface area contributed by atoms with Gasteiger partial charge in [0.25, 0.3) is 0 Å². The highest BCUT2D eigenvalue weighted by atomic mass is 32.2. The van der Waals surface area contributed by atoms with E-state index in [1.165, 1.54) is 32.2 Å². The van der Waals surface area contributed by atoms with E-state index in [0.29, 0.717) is 0 Å². The average Bonchev–Trinajstić information content (AvgIpc) is 2.56. The van der Waals surface area contributed by atoms with E-state index in [0.717, 1.165) is 12.1 Å². The van der Waals surface area contributed by atoms with E-state index in [2.05, 4.69) is 10.0 Å². The lowest BCUT2D eigenvalue weighted by atomic mass is 10.2. The number of hydrogen-bond donors (Lipinski definition) is 2. The maximum atomic E-state index is 13.2. The summed E-state index contributed by atoms with van der Waals surface area (Å²) in [6, 6.07) is 10.3. The molecule has 0 saturated carbocycles. The van der Waals surface area contributed by atoms with E-state index in [1.54, 1.807) is 18.2 Å². The first kappa shape index (κ1) is 17.9. The summed E-state index contributed by atoms with van der Waals surface area (Å²) in [5.74, 6) is -0.969. The van der Waals surface area contributed by atoms with Gasteiger partial charge in [0.1, 0.15) is 11.6 Å². The number of rotatable bonds is 6. The Morgan fingerprint density at radius 3 is 2.46 bits per heavy atom. The summed E-state index contributed by atoms with van der Waals surface area (Å²) in [7, 11) is -2.48. The second-order valence-corrected chi connectivity index (χ2v) is 6.70. The molecular formula is C16H17FN2O4S. The van der Waals surface area contributed by atoms with Crippen LogP contribution in [0, 0.1) is 5.82 Å². The third kappa shape index (κ3) is 4.30. The standard InChI is InChI=1S/C16H17FN2O4S/c1-11(19-24(21,22)13-6-4-3-5-7-13)16(20)18-14-9-8-12(17)10-15(14)23-2/h3-11,19H,1-2H3,(H,18,20)/t11-/m0/s1. The lowest BCUT2D eigenvalue weighted by Crippen LogP contribution is -2.41. The predicted molar refractivity (Wildman–Crippen MR) is 87.8 cm³/mol. The molecule has 1 atom stereocenters. The van der Waals surface area contributed by atoms with Crippen molar-refractivity contribution in [2.45, 2.75) is 17.9 Å². The van der Waals surface area contributed by atoms with Crippen LogP contribution in [-0.2, 0) is 14.8 Å². The van der Waals surface area contributed by atoms with E-state index in [-0.39, 0.29) is 16.3 Å². The molecule has 0 saturated heterocycles. The topological polar surface area (TPSA) is 84.5 Å². The van der Waals surface area contributed by atoms with Crippen LogP contribution < -0.4 is 14.8 Å². The minimum Gasteiger partial charge on any atom is -0.494 e. The van der Waals surface area contributed by atoms with Crippen molar-refractivity contribution < 1.29 is 22.3 Å². The summed E-state index contributed by atoms with van der Waals surface area (Å²) in [4.78, 5) is 12.2. The number of ether oxygens (including phenoxy) is 1. The molecule has 0 aromatic heterocycles. The van der Waals surface area contributed by atoms with Gasteiger partial charge in [-0.2, -0.15) is 4.72 Å². The Hall–Kier alpha value is -2.45. The highest BCUT2D eigenvalue weighted by molar-refractivity contribution is 7.89. The first-order valence-electron chi connectivity index (χ1n) is 7.05. The van der Waals surface area contributed by atoms with Gasteiger partial charge in [-0.15, -0.1) is 0 Å². The van der Waals surface area contributed by atoms with Gasteiger partial charge in [0.15, 0.2) is 0 Å². The zero-order valence-corrected chi connectivity index (χ0v) is 13.9. The van der Waals surface area contributed by atoms with E-state index >= 15 is 0 Å². The Balaban J connectivity index is 2.10. The second kappa shape index (κ2) is 7.41. The monoisotopic (exact) mass is 352 g/mol. The molecule has 2 aromatic carbocycles. The van der Waals surface area contributed by atoms with E-state index in [9.17, 15) is 17.6 Å². The van der Waals surface area contributed by atoms with Gasteiger partial charge in [-0.3, -0.25) is 4.79 Å². The number of methoxy groups -OCH3 is 1. The van der Waals surface area contributed by atoms with Crippen molar-refractivity contribution in [2.75, 3.05) is 12.4 Å². The molecule has 0 bridgehead atoms. The van der Waals surface area contributed by atoms with Crippen molar-refractivity contribution in [1.82, 2.24) is 4.72 Å². The predicted octanol–water partition coefficient (Wildman–Crippen LogP) is 2.14. The summed E-state index contributed by atoms with van der Waals surface area (Å²) in [6.07, 6.45) is 0. The number of amides is 1. The Morgan fingerprint density at radius 2 is 1.83 bits per heavy atom. The lowest BCUT2D eigenvalue weighted by Gasteiger charge is -2.16. The minimum absolute atomic E-state index is 0.0593. The molecule has 6 nitrogen and oxygen atoms in total. The van der Waals surface area contributed by atoms with Crippen LogP contribution in [-0.4, -0.2) is 27.5 Å². The van der Waals surface area contributed by atoms with Gasteiger partial charge in [-0.05, 0) is 31.2 Å². The van der Waals surface area contributed by atoms with Crippen molar-refractivity contribution in [2.24, 2.45) is 0 Å². The van der Waals surface area contributed by atoms with E-state index < -0.39 is 27.8 Å². The molecule has 0 spiro atoms.